The minimum atomic E-state index is -0.413. The van der Waals surface area contributed by atoms with Gasteiger partial charge in [0, 0.05) is 24.0 Å². The van der Waals surface area contributed by atoms with Crippen LogP contribution in [0.25, 0.3) is 16.4 Å². The summed E-state index contributed by atoms with van der Waals surface area (Å²) < 4.78 is 7.08. The summed E-state index contributed by atoms with van der Waals surface area (Å²) in [6.07, 6.45) is 5.17. The van der Waals surface area contributed by atoms with Gasteiger partial charge in [-0.15, -0.1) is 11.3 Å². The number of nitrogens with zero attached hydrogens (tertiary/aromatic N) is 4. The summed E-state index contributed by atoms with van der Waals surface area (Å²) in [5, 5.41) is 6.85. The average molecular weight is 362 g/mol. The van der Waals surface area contributed by atoms with Gasteiger partial charge in [-0.05, 0) is 30.3 Å². The van der Waals surface area contributed by atoms with Crippen LogP contribution < -0.4 is 0 Å². The Morgan fingerprint density at radius 2 is 1.96 bits per heavy atom. The molecular formula is C19H14N4O2S. The van der Waals surface area contributed by atoms with E-state index in [0.717, 1.165) is 10.7 Å². The molecule has 4 aromatic rings. The third-order valence-electron chi connectivity index (χ3n) is 3.66. The van der Waals surface area contributed by atoms with Gasteiger partial charge in [0.15, 0.2) is 0 Å². The van der Waals surface area contributed by atoms with Crippen molar-refractivity contribution in [2.45, 2.75) is 6.61 Å². The van der Waals surface area contributed by atoms with Crippen molar-refractivity contribution in [1.82, 2.24) is 19.7 Å². The molecule has 0 aliphatic carbocycles. The average Bonchev–Trinajstić information content (AvgIpc) is 3.39. The molecule has 4 rings (SSSR count). The Morgan fingerprint density at radius 1 is 1.08 bits per heavy atom. The summed E-state index contributed by atoms with van der Waals surface area (Å²) in [5.74, 6) is -0.413. The van der Waals surface area contributed by atoms with Crippen molar-refractivity contribution in [2.75, 3.05) is 0 Å². The van der Waals surface area contributed by atoms with Crippen molar-refractivity contribution in [1.29, 1.82) is 0 Å². The fourth-order valence-corrected chi connectivity index (χ4v) is 3.23. The van der Waals surface area contributed by atoms with Crippen LogP contribution in [-0.2, 0) is 11.3 Å². The lowest BCUT2D eigenvalue weighted by molar-refractivity contribution is 0.0468. The normalized spacial score (nSPS) is 10.6. The Morgan fingerprint density at radius 3 is 2.77 bits per heavy atom. The molecule has 3 aromatic heterocycles. The third-order valence-corrected chi connectivity index (χ3v) is 4.58. The molecule has 0 spiro atoms. The summed E-state index contributed by atoms with van der Waals surface area (Å²) in [6, 6.07) is 14.7. The van der Waals surface area contributed by atoms with Crippen LogP contribution in [0.4, 0.5) is 0 Å². The zero-order chi connectivity index (χ0) is 17.8. The summed E-state index contributed by atoms with van der Waals surface area (Å²) in [5.41, 5.74) is 2.63. The Balaban J connectivity index is 1.48. The number of aromatic nitrogens is 4. The molecular weight excluding hydrogens is 348 g/mol. The van der Waals surface area contributed by atoms with Gasteiger partial charge in [0.05, 0.1) is 22.6 Å². The van der Waals surface area contributed by atoms with Crippen molar-refractivity contribution in [3.05, 3.63) is 83.8 Å². The van der Waals surface area contributed by atoms with E-state index in [1.54, 1.807) is 41.5 Å². The Bertz CT molecular complexity index is 1010. The van der Waals surface area contributed by atoms with Crippen LogP contribution in [0.3, 0.4) is 0 Å². The van der Waals surface area contributed by atoms with E-state index in [0.29, 0.717) is 16.9 Å². The molecule has 0 N–H and O–H groups in total. The summed E-state index contributed by atoms with van der Waals surface area (Å²) in [6.45, 7) is 0.107. The second-order valence-electron chi connectivity index (χ2n) is 5.40. The van der Waals surface area contributed by atoms with E-state index in [1.165, 1.54) is 11.3 Å². The van der Waals surface area contributed by atoms with Gasteiger partial charge < -0.3 is 4.74 Å². The van der Waals surface area contributed by atoms with E-state index in [-0.39, 0.29) is 6.61 Å². The molecule has 0 fully saturated rings. The molecule has 0 aliphatic heterocycles. The standard InChI is InChI=1S/C19H14N4O2S/c24-19(15-6-1-2-8-17(15)23-11-5-10-21-23)25-12-14-13-26-18(22-14)16-7-3-4-9-20-16/h1-11,13H,12H2. The second-order valence-corrected chi connectivity index (χ2v) is 6.26. The minimum absolute atomic E-state index is 0.107. The molecule has 1 aromatic carbocycles. The zero-order valence-corrected chi connectivity index (χ0v) is 14.5. The number of pyridine rings is 1. The van der Waals surface area contributed by atoms with Gasteiger partial charge in [0.25, 0.3) is 0 Å². The van der Waals surface area contributed by atoms with E-state index in [4.69, 9.17) is 4.74 Å². The summed E-state index contributed by atoms with van der Waals surface area (Å²) in [7, 11) is 0. The number of ether oxygens (including phenoxy) is 1. The van der Waals surface area contributed by atoms with Crippen LogP contribution in [0.15, 0.2) is 72.5 Å². The second kappa shape index (κ2) is 7.28. The molecule has 0 bridgehead atoms. The van der Waals surface area contributed by atoms with Crippen molar-refractivity contribution in [3.8, 4) is 16.4 Å². The lowest BCUT2D eigenvalue weighted by atomic mass is 10.2. The quantitative estimate of drug-likeness (QED) is 0.506. The molecule has 0 saturated heterocycles. The summed E-state index contributed by atoms with van der Waals surface area (Å²) >= 11 is 1.47. The Hall–Kier alpha value is -3.32. The largest absolute Gasteiger partial charge is 0.455 e. The number of carbonyl (C=O) groups is 1. The smallest absolute Gasteiger partial charge is 0.340 e. The van der Waals surface area contributed by atoms with E-state index in [1.807, 2.05) is 35.7 Å². The van der Waals surface area contributed by atoms with E-state index < -0.39 is 5.97 Å². The maximum Gasteiger partial charge on any atom is 0.340 e. The molecule has 3 heterocycles. The highest BCUT2D eigenvalue weighted by molar-refractivity contribution is 7.13. The number of hydrogen-bond acceptors (Lipinski definition) is 6. The predicted molar refractivity (Wildman–Crippen MR) is 98.0 cm³/mol. The van der Waals surface area contributed by atoms with Crippen LogP contribution in [-0.4, -0.2) is 25.7 Å². The predicted octanol–water partition coefficient (Wildman–Crippen LogP) is 3.75. The molecule has 7 heteroatoms. The van der Waals surface area contributed by atoms with Crippen LogP contribution in [0.1, 0.15) is 16.1 Å². The van der Waals surface area contributed by atoms with Crippen molar-refractivity contribution in [2.24, 2.45) is 0 Å². The van der Waals surface area contributed by atoms with Crippen LogP contribution in [0.2, 0.25) is 0 Å². The first-order chi connectivity index (χ1) is 12.8. The number of esters is 1. The first kappa shape index (κ1) is 16.2. The first-order valence-corrected chi connectivity index (χ1v) is 8.81. The van der Waals surface area contributed by atoms with Crippen LogP contribution in [0, 0.1) is 0 Å². The lowest BCUT2D eigenvalue weighted by Gasteiger charge is -2.08. The molecule has 0 atom stereocenters. The molecule has 128 valence electrons. The van der Waals surface area contributed by atoms with Crippen molar-refractivity contribution in [3.63, 3.8) is 0 Å². The maximum atomic E-state index is 12.5. The number of hydrogen-bond donors (Lipinski definition) is 0. The number of carbonyl (C=O) groups excluding carboxylic acids is 1. The number of thiazole rings is 1. The van der Waals surface area contributed by atoms with E-state index in [9.17, 15) is 4.79 Å². The van der Waals surface area contributed by atoms with Crippen LogP contribution in [0.5, 0.6) is 0 Å². The molecule has 0 amide bonds. The van der Waals surface area contributed by atoms with Crippen molar-refractivity contribution >= 4 is 17.3 Å². The summed E-state index contributed by atoms with van der Waals surface area (Å²) in [4.78, 5) is 21.3. The van der Waals surface area contributed by atoms with Gasteiger partial charge in [-0.3, -0.25) is 4.98 Å². The van der Waals surface area contributed by atoms with Crippen LogP contribution >= 0.6 is 11.3 Å². The van der Waals surface area contributed by atoms with Gasteiger partial charge >= 0.3 is 5.97 Å². The molecule has 0 aliphatic rings. The van der Waals surface area contributed by atoms with E-state index in [2.05, 4.69) is 15.1 Å². The van der Waals surface area contributed by atoms with Gasteiger partial charge in [0.2, 0.25) is 0 Å². The van der Waals surface area contributed by atoms with Gasteiger partial charge in [-0.25, -0.2) is 14.5 Å². The topological polar surface area (TPSA) is 69.9 Å². The number of para-hydroxylation sites is 1. The molecule has 0 saturated carbocycles. The number of benzene rings is 1. The minimum Gasteiger partial charge on any atom is -0.455 e. The first-order valence-electron chi connectivity index (χ1n) is 7.93. The Labute approximate surface area is 153 Å². The maximum absolute atomic E-state index is 12.5. The van der Waals surface area contributed by atoms with Gasteiger partial charge in [-0.2, -0.15) is 5.10 Å². The molecule has 26 heavy (non-hydrogen) atoms. The molecule has 0 radical (unpaired) electrons. The lowest BCUT2D eigenvalue weighted by Crippen LogP contribution is -2.10. The molecule has 6 nitrogen and oxygen atoms in total. The zero-order valence-electron chi connectivity index (χ0n) is 13.6. The third kappa shape index (κ3) is 3.38. The SMILES string of the molecule is O=C(OCc1csc(-c2ccccn2)n1)c1ccccc1-n1cccn1. The molecule has 0 unspecified atom stereocenters. The highest BCUT2D eigenvalue weighted by atomic mass is 32.1. The highest BCUT2D eigenvalue weighted by Crippen LogP contribution is 2.22. The number of rotatable bonds is 5. The highest BCUT2D eigenvalue weighted by Gasteiger charge is 2.15. The monoisotopic (exact) mass is 362 g/mol. The fraction of sp³-hybridized carbons (Fsp3) is 0.0526. The van der Waals surface area contributed by atoms with Gasteiger partial charge in [0.1, 0.15) is 11.6 Å². The van der Waals surface area contributed by atoms with E-state index >= 15 is 0 Å². The Kier molecular flexibility index (Phi) is 4.53. The van der Waals surface area contributed by atoms with Crippen molar-refractivity contribution < 1.29 is 9.53 Å². The fourth-order valence-electron chi connectivity index (χ4n) is 2.45. The van der Waals surface area contributed by atoms with Gasteiger partial charge in [-0.1, -0.05) is 18.2 Å².